The van der Waals surface area contributed by atoms with Crippen LogP contribution in [0, 0.1) is 6.92 Å². The molecule has 0 aliphatic carbocycles. The fourth-order valence-corrected chi connectivity index (χ4v) is 2.68. The van der Waals surface area contributed by atoms with Crippen LogP contribution in [0.2, 0.25) is 0 Å². The number of hydrogen-bond acceptors (Lipinski definition) is 3. The highest BCUT2D eigenvalue weighted by atomic mass is 16.5. The summed E-state index contributed by atoms with van der Waals surface area (Å²) in [6.45, 7) is 4.63. The van der Waals surface area contributed by atoms with Gasteiger partial charge >= 0.3 is 5.97 Å². The van der Waals surface area contributed by atoms with Gasteiger partial charge in [0.2, 0.25) is 0 Å². The zero-order valence-corrected chi connectivity index (χ0v) is 14.4. The molecule has 0 aliphatic heterocycles. The summed E-state index contributed by atoms with van der Waals surface area (Å²) in [6, 6.07) is 13.2. The van der Waals surface area contributed by atoms with Crippen LogP contribution in [0.5, 0.6) is 11.5 Å². The molecule has 2 aromatic rings. The van der Waals surface area contributed by atoms with Gasteiger partial charge in [0.25, 0.3) is 0 Å². The summed E-state index contributed by atoms with van der Waals surface area (Å²) in [4.78, 5) is 11.8. The van der Waals surface area contributed by atoms with Crippen molar-refractivity contribution in [3.05, 3.63) is 59.2 Å². The Labute approximate surface area is 143 Å². The molecule has 1 N–H and O–H groups in total. The number of carboxylic acid groups (broad SMARTS) is 1. The molecular weight excluding hydrogens is 304 g/mol. The molecular formula is C20H24O4. The SMILES string of the molecule is CCCOc1cccc(CC(C(=O)O)c2ccc(OC)c(C)c2)c1. The molecule has 0 saturated heterocycles. The van der Waals surface area contributed by atoms with Crippen molar-refractivity contribution in [1.82, 2.24) is 0 Å². The number of hydrogen-bond donors (Lipinski definition) is 1. The second-order valence-corrected chi connectivity index (χ2v) is 5.82. The Morgan fingerprint density at radius 2 is 2.00 bits per heavy atom. The highest BCUT2D eigenvalue weighted by Gasteiger charge is 2.21. The lowest BCUT2D eigenvalue weighted by molar-refractivity contribution is -0.138. The molecule has 128 valence electrons. The molecule has 0 bridgehead atoms. The molecule has 0 spiro atoms. The van der Waals surface area contributed by atoms with Crippen molar-refractivity contribution >= 4 is 5.97 Å². The smallest absolute Gasteiger partial charge is 0.311 e. The topological polar surface area (TPSA) is 55.8 Å². The van der Waals surface area contributed by atoms with E-state index in [0.29, 0.717) is 13.0 Å². The zero-order chi connectivity index (χ0) is 17.5. The van der Waals surface area contributed by atoms with E-state index in [0.717, 1.165) is 34.6 Å². The van der Waals surface area contributed by atoms with E-state index in [-0.39, 0.29) is 0 Å². The third-order valence-electron chi connectivity index (χ3n) is 3.93. The molecule has 1 unspecified atom stereocenters. The highest BCUT2D eigenvalue weighted by molar-refractivity contribution is 5.76. The van der Waals surface area contributed by atoms with E-state index >= 15 is 0 Å². The molecule has 24 heavy (non-hydrogen) atoms. The average Bonchev–Trinajstić information content (AvgIpc) is 2.58. The van der Waals surface area contributed by atoms with Gasteiger partial charge in [-0.2, -0.15) is 0 Å². The maximum absolute atomic E-state index is 11.8. The van der Waals surface area contributed by atoms with Crippen LogP contribution in [0.3, 0.4) is 0 Å². The van der Waals surface area contributed by atoms with Crippen LogP contribution >= 0.6 is 0 Å². The fourth-order valence-electron chi connectivity index (χ4n) is 2.68. The Bertz CT molecular complexity index is 694. The van der Waals surface area contributed by atoms with Gasteiger partial charge in [0.05, 0.1) is 19.6 Å². The van der Waals surface area contributed by atoms with Crippen molar-refractivity contribution in [2.75, 3.05) is 13.7 Å². The number of aliphatic carboxylic acids is 1. The fraction of sp³-hybridized carbons (Fsp3) is 0.350. The van der Waals surface area contributed by atoms with E-state index in [9.17, 15) is 9.90 Å². The summed E-state index contributed by atoms with van der Waals surface area (Å²) < 4.78 is 10.9. The number of ether oxygens (including phenoxy) is 2. The molecule has 4 heteroatoms. The first-order chi connectivity index (χ1) is 11.5. The molecule has 4 nitrogen and oxygen atoms in total. The molecule has 2 rings (SSSR count). The zero-order valence-electron chi connectivity index (χ0n) is 14.4. The Hall–Kier alpha value is -2.49. The summed E-state index contributed by atoms with van der Waals surface area (Å²) in [6.07, 6.45) is 1.36. The van der Waals surface area contributed by atoms with Crippen LogP contribution < -0.4 is 9.47 Å². The summed E-state index contributed by atoms with van der Waals surface area (Å²) in [7, 11) is 1.61. The van der Waals surface area contributed by atoms with E-state index in [4.69, 9.17) is 9.47 Å². The molecule has 0 heterocycles. The highest BCUT2D eigenvalue weighted by Crippen LogP contribution is 2.27. The first-order valence-electron chi connectivity index (χ1n) is 8.14. The Kier molecular flexibility index (Phi) is 6.24. The molecule has 0 aliphatic rings. The number of carbonyl (C=O) groups is 1. The van der Waals surface area contributed by atoms with Gasteiger partial charge < -0.3 is 14.6 Å². The van der Waals surface area contributed by atoms with E-state index in [1.54, 1.807) is 7.11 Å². The quantitative estimate of drug-likeness (QED) is 0.789. The van der Waals surface area contributed by atoms with Crippen molar-refractivity contribution in [3.8, 4) is 11.5 Å². The van der Waals surface area contributed by atoms with Crippen molar-refractivity contribution in [2.45, 2.75) is 32.6 Å². The predicted octanol–water partition coefficient (Wildman–Crippen LogP) is 4.20. The number of carboxylic acids is 1. The van der Waals surface area contributed by atoms with Gasteiger partial charge in [-0.1, -0.05) is 31.2 Å². The Morgan fingerprint density at radius 3 is 2.62 bits per heavy atom. The lowest BCUT2D eigenvalue weighted by Gasteiger charge is -2.15. The van der Waals surface area contributed by atoms with Gasteiger partial charge in [-0.25, -0.2) is 0 Å². The second-order valence-electron chi connectivity index (χ2n) is 5.82. The third-order valence-corrected chi connectivity index (χ3v) is 3.93. The standard InChI is InChI=1S/C20H24O4/c1-4-10-24-17-7-5-6-15(12-17)13-18(20(21)22)16-8-9-19(23-3)14(2)11-16/h5-9,11-12,18H,4,10,13H2,1-3H3,(H,21,22). The second kappa shape index (κ2) is 8.39. The molecule has 0 aromatic heterocycles. The summed E-state index contributed by atoms with van der Waals surface area (Å²) >= 11 is 0. The minimum Gasteiger partial charge on any atom is -0.496 e. The summed E-state index contributed by atoms with van der Waals surface area (Å²) in [5.74, 6) is 0.109. The first-order valence-corrected chi connectivity index (χ1v) is 8.14. The molecule has 0 radical (unpaired) electrons. The normalized spacial score (nSPS) is 11.8. The maximum Gasteiger partial charge on any atom is 0.311 e. The van der Waals surface area contributed by atoms with Crippen LogP contribution in [0.4, 0.5) is 0 Å². The van der Waals surface area contributed by atoms with Gasteiger partial charge in [0.1, 0.15) is 11.5 Å². The predicted molar refractivity (Wildman–Crippen MR) is 94.0 cm³/mol. The van der Waals surface area contributed by atoms with Crippen molar-refractivity contribution in [3.63, 3.8) is 0 Å². The van der Waals surface area contributed by atoms with Gasteiger partial charge in [-0.05, 0) is 54.7 Å². The lowest BCUT2D eigenvalue weighted by atomic mass is 9.91. The lowest BCUT2D eigenvalue weighted by Crippen LogP contribution is -2.15. The average molecular weight is 328 g/mol. The summed E-state index contributed by atoms with van der Waals surface area (Å²) in [5, 5.41) is 9.65. The molecule has 1 atom stereocenters. The largest absolute Gasteiger partial charge is 0.496 e. The van der Waals surface area contributed by atoms with E-state index < -0.39 is 11.9 Å². The minimum absolute atomic E-state index is 0.421. The summed E-state index contributed by atoms with van der Waals surface area (Å²) in [5.41, 5.74) is 2.66. The molecule has 0 saturated carbocycles. The number of rotatable bonds is 8. The van der Waals surface area contributed by atoms with E-state index in [2.05, 4.69) is 6.92 Å². The van der Waals surface area contributed by atoms with Gasteiger partial charge in [-0.15, -0.1) is 0 Å². The number of benzene rings is 2. The molecule has 0 fully saturated rings. The monoisotopic (exact) mass is 328 g/mol. The van der Waals surface area contributed by atoms with Crippen molar-refractivity contribution < 1.29 is 19.4 Å². The molecule has 0 amide bonds. The maximum atomic E-state index is 11.8. The van der Waals surface area contributed by atoms with Gasteiger partial charge in [0, 0.05) is 0 Å². The van der Waals surface area contributed by atoms with Crippen molar-refractivity contribution in [1.29, 1.82) is 0 Å². The van der Waals surface area contributed by atoms with Crippen LogP contribution in [-0.4, -0.2) is 24.8 Å². The van der Waals surface area contributed by atoms with Gasteiger partial charge in [0.15, 0.2) is 0 Å². The minimum atomic E-state index is -0.834. The first kappa shape index (κ1) is 17.9. The number of methoxy groups -OCH3 is 1. The van der Waals surface area contributed by atoms with E-state index in [1.165, 1.54) is 0 Å². The molecule has 2 aromatic carbocycles. The van der Waals surface area contributed by atoms with E-state index in [1.807, 2.05) is 49.4 Å². The third kappa shape index (κ3) is 4.51. The Morgan fingerprint density at radius 1 is 1.21 bits per heavy atom. The van der Waals surface area contributed by atoms with Crippen LogP contribution in [0.1, 0.15) is 36.0 Å². The van der Waals surface area contributed by atoms with Crippen LogP contribution in [-0.2, 0) is 11.2 Å². The van der Waals surface area contributed by atoms with Crippen LogP contribution in [0.25, 0.3) is 0 Å². The number of aryl methyl sites for hydroxylation is 1. The van der Waals surface area contributed by atoms with Crippen molar-refractivity contribution in [2.24, 2.45) is 0 Å². The Balaban J connectivity index is 2.23. The van der Waals surface area contributed by atoms with Crippen LogP contribution in [0.15, 0.2) is 42.5 Å². The van der Waals surface area contributed by atoms with Gasteiger partial charge in [-0.3, -0.25) is 4.79 Å².